The number of phenols is 1. The quantitative estimate of drug-likeness (QED) is 0.747. The molecule has 0 amide bonds. The topological polar surface area (TPSA) is 37.6 Å². The van der Waals surface area contributed by atoms with Crippen LogP contribution in [0.5, 0.6) is 11.5 Å². The SMILES string of the molecule is COc1ccc(CN2CCCn3cccc3C2c2ccc(F)cc2)cc1O. The van der Waals surface area contributed by atoms with Crippen LogP contribution in [0.1, 0.15) is 29.3 Å². The van der Waals surface area contributed by atoms with Crippen LogP contribution in [0.25, 0.3) is 0 Å². The number of hydrogen-bond donors (Lipinski definition) is 1. The van der Waals surface area contributed by atoms with Crippen molar-refractivity contribution in [2.75, 3.05) is 13.7 Å². The standard InChI is InChI=1S/C22H23FN2O2/c1-27-21-10-5-16(14-20(21)26)15-25-13-3-12-24-11-2-4-19(24)22(25)17-6-8-18(23)9-7-17/h2,4-11,14,22,26H,3,12-13,15H2,1H3. The lowest BCUT2D eigenvalue weighted by molar-refractivity contribution is 0.220. The highest BCUT2D eigenvalue weighted by atomic mass is 19.1. The Morgan fingerprint density at radius 2 is 1.93 bits per heavy atom. The maximum Gasteiger partial charge on any atom is 0.160 e. The Hall–Kier alpha value is -2.79. The molecule has 1 aliphatic rings. The first-order chi connectivity index (χ1) is 13.2. The zero-order valence-electron chi connectivity index (χ0n) is 15.3. The molecular formula is C22H23FN2O2. The molecule has 2 heterocycles. The van der Waals surface area contributed by atoms with E-state index in [-0.39, 0.29) is 17.6 Å². The van der Waals surface area contributed by atoms with Crippen LogP contribution in [0.4, 0.5) is 4.39 Å². The highest BCUT2D eigenvalue weighted by Crippen LogP contribution is 2.34. The van der Waals surface area contributed by atoms with Gasteiger partial charge in [-0.05, 0) is 53.9 Å². The number of aryl methyl sites for hydroxylation is 1. The van der Waals surface area contributed by atoms with Gasteiger partial charge in [-0.2, -0.15) is 0 Å². The summed E-state index contributed by atoms with van der Waals surface area (Å²) in [6, 6.07) is 16.5. The Bertz CT molecular complexity index is 920. The average Bonchev–Trinajstić information content (AvgIpc) is 3.05. The first-order valence-corrected chi connectivity index (χ1v) is 9.16. The van der Waals surface area contributed by atoms with Gasteiger partial charge in [-0.15, -0.1) is 0 Å². The normalized spacial score (nSPS) is 17.3. The minimum absolute atomic E-state index is 0.0346. The van der Waals surface area contributed by atoms with E-state index >= 15 is 0 Å². The highest BCUT2D eigenvalue weighted by Gasteiger charge is 2.27. The Morgan fingerprint density at radius 1 is 1.11 bits per heavy atom. The van der Waals surface area contributed by atoms with Gasteiger partial charge in [0.15, 0.2) is 11.5 Å². The molecule has 0 spiro atoms. The number of halogens is 1. The van der Waals surface area contributed by atoms with Crippen molar-refractivity contribution in [2.45, 2.75) is 25.6 Å². The van der Waals surface area contributed by atoms with Crippen LogP contribution in [0.3, 0.4) is 0 Å². The molecule has 0 radical (unpaired) electrons. The van der Waals surface area contributed by atoms with Gasteiger partial charge in [-0.3, -0.25) is 4.90 Å². The fraction of sp³-hybridized carbons (Fsp3) is 0.273. The van der Waals surface area contributed by atoms with Crippen LogP contribution in [0, 0.1) is 5.82 Å². The summed E-state index contributed by atoms with van der Waals surface area (Å²) < 4.78 is 20.9. The molecule has 1 N–H and O–H groups in total. The lowest BCUT2D eigenvalue weighted by Gasteiger charge is -2.30. The summed E-state index contributed by atoms with van der Waals surface area (Å²) in [5.74, 6) is 0.388. The van der Waals surface area contributed by atoms with E-state index in [1.54, 1.807) is 19.2 Å². The van der Waals surface area contributed by atoms with E-state index in [0.29, 0.717) is 12.3 Å². The van der Waals surface area contributed by atoms with Gasteiger partial charge < -0.3 is 14.4 Å². The Labute approximate surface area is 158 Å². The van der Waals surface area contributed by atoms with Gasteiger partial charge in [0.25, 0.3) is 0 Å². The van der Waals surface area contributed by atoms with E-state index in [2.05, 4.69) is 27.8 Å². The number of aromatic hydroxyl groups is 1. The van der Waals surface area contributed by atoms with Crippen LogP contribution in [0.15, 0.2) is 60.8 Å². The number of rotatable bonds is 4. The summed E-state index contributed by atoms with van der Waals surface area (Å²) >= 11 is 0. The van der Waals surface area contributed by atoms with Gasteiger partial charge in [0.2, 0.25) is 0 Å². The maximum atomic E-state index is 13.5. The molecule has 3 aromatic rings. The maximum absolute atomic E-state index is 13.5. The molecule has 1 unspecified atom stereocenters. The van der Waals surface area contributed by atoms with Crippen LogP contribution < -0.4 is 4.74 Å². The molecule has 140 valence electrons. The minimum atomic E-state index is -0.227. The van der Waals surface area contributed by atoms with E-state index in [1.165, 1.54) is 17.8 Å². The molecule has 0 saturated heterocycles. The molecule has 0 fully saturated rings. The van der Waals surface area contributed by atoms with Crippen LogP contribution in [-0.2, 0) is 13.1 Å². The predicted octanol–water partition coefficient (Wildman–Crippen LogP) is 4.34. The zero-order chi connectivity index (χ0) is 18.8. The highest BCUT2D eigenvalue weighted by molar-refractivity contribution is 5.42. The fourth-order valence-electron chi connectivity index (χ4n) is 3.90. The molecule has 27 heavy (non-hydrogen) atoms. The summed E-state index contributed by atoms with van der Waals surface area (Å²) in [5.41, 5.74) is 3.29. The molecule has 4 rings (SSSR count). The third kappa shape index (κ3) is 3.55. The number of aromatic nitrogens is 1. The fourth-order valence-corrected chi connectivity index (χ4v) is 3.90. The van der Waals surface area contributed by atoms with Crippen molar-refractivity contribution in [3.05, 3.63) is 83.4 Å². The van der Waals surface area contributed by atoms with Crippen molar-refractivity contribution in [3.63, 3.8) is 0 Å². The van der Waals surface area contributed by atoms with E-state index in [1.807, 2.05) is 18.2 Å². The van der Waals surface area contributed by atoms with Crippen LogP contribution in [-0.4, -0.2) is 28.2 Å². The predicted molar refractivity (Wildman–Crippen MR) is 102 cm³/mol. The van der Waals surface area contributed by atoms with Gasteiger partial charge >= 0.3 is 0 Å². The Morgan fingerprint density at radius 3 is 2.67 bits per heavy atom. The summed E-state index contributed by atoms with van der Waals surface area (Å²) in [6.07, 6.45) is 3.13. The smallest absolute Gasteiger partial charge is 0.160 e. The number of ether oxygens (including phenoxy) is 1. The van der Waals surface area contributed by atoms with E-state index < -0.39 is 0 Å². The first kappa shape index (κ1) is 17.6. The lowest BCUT2D eigenvalue weighted by atomic mass is 10.0. The summed E-state index contributed by atoms with van der Waals surface area (Å²) in [4.78, 5) is 2.38. The van der Waals surface area contributed by atoms with Crippen molar-refractivity contribution < 1.29 is 14.2 Å². The van der Waals surface area contributed by atoms with Gasteiger partial charge in [-0.1, -0.05) is 18.2 Å². The molecule has 0 aliphatic carbocycles. The number of phenolic OH excluding ortho intramolecular Hbond substituents is 1. The van der Waals surface area contributed by atoms with Gasteiger partial charge in [0, 0.05) is 31.5 Å². The first-order valence-electron chi connectivity index (χ1n) is 9.16. The largest absolute Gasteiger partial charge is 0.504 e. The monoisotopic (exact) mass is 366 g/mol. The van der Waals surface area contributed by atoms with Crippen molar-refractivity contribution >= 4 is 0 Å². The van der Waals surface area contributed by atoms with Gasteiger partial charge in [-0.25, -0.2) is 4.39 Å². The average molecular weight is 366 g/mol. The number of methoxy groups -OCH3 is 1. The van der Waals surface area contributed by atoms with Crippen molar-refractivity contribution in [2.24, 2.45) is 0 Å². The second kappa shape index (κ2) is 7.45. The van der Waals surface area contributed by atoms with E-state index in [0.717, 1.165) is 30.6 Å². The lowest BCUT2D eigenvalue weighted by Crippen LogP contribution is -2.29. The van der Waals surface area contributed by atoms with Crippen LogP contribution >= 0.6 is 0 Å². The zero-order valence-corrected chi connectivity index (χ0v) is 15.3. The Kier molecular flexibility index (Phi) is 4.86. The van der Waals surface area contributed by atoms with Gasteiger partial charge in [0.1, 0.15) is 5.82 Å². The second-order valence-electron chi connectivity index (χ2n) is 6.91. The van der Waals surface area contributed by atoms with Crippen molar-refractivity contribution in [1.82, 2.24) is 9.47 Å². The molecule has 4 nitrogen and oxygen atoms in total. The van der Waals surface area contributed by atoms with E-state index in [9.17, 15) is 9.50 Å². The molecule has 2 aromatic carbocycles. The van der Waals surface area contributed by atoms with Crippen molar-refractivity contribution in [1.29, 1.82) is 0 Å². The minimum Gasteiger partial charge on any atom is -0.504 e. The third-order valence-electron chi connectivity index (χ3n) is 5.17. The molecular weight excluding hydrogens is 343 g/mol. The summed E-state index contributed by atoms with van der Waals surface area (Å²) in [6.45, 7) is 2.56. The second-order valence-corrected chi connectivity index (χ2v) is 6.91. The van der Waals surface area contributed by atoms with Crippen LogP contribution in [0.2, 0.25) is 0 Å². The Balaban J connectivity index is 1.70. The van der Waals surface area contributed by atoms with Crippen molar-refractivity contribution in [3.8, 4) is 11.5 Å². The molecule has 1 atom stereocenters. The molecule has 0 bridgehead atoms. The van der Waals surface area contributed by atoms with Gasteiger partial charge in [0.05, 0.1) is 13.2 Å². The molecule has 0 saturated carbocycles. The number of hydrogen-bond acceptors (Lipinski definition) is 3. The molecule has 1 aliphatic heterocycles. The summed E-state index contributed by atoms with van der Waals surface area (Å²) in [5, 5.41) is 10.1. The number of benzene rings is 2. The van der Waals surface area contributed by atoms with E-state index in [4.69, 9.17) is 4.74 Å². The number of fused-ring (bicyclic) bond motifs is 1. The molecule has 1 aromatic heterocycles. The summed E-state index contributed by atoms with van der Waals surface area (Å²) in [7, 11) is 1.54. The number of nitrogens with zero attached hydrogens (tertiary/aromatic N) is 2. The third-order valence-corrected chi connectivity index (χ3v) is 5.17. The molecule has 5 heteroatoms.